The topological polar surface area (TPSA) is 45.7 Å². The standard InChI is InChI=1S/C18H21N3O2S/c1-12-10-23-17-6-4-3-5-16(17)20(12)9-14-11-24-18(19-14)21(13(2)22)15-7-8-15/h3-6,11-12,15H,7-10H2,1-2H3/t12-/m0/s1. The Kier molecular flexibility index (Phi) is 3.92. The Hall–Kier alpha value is -2.08. The maximum absolute atomic E-state index is 11.9. The molecule has 0 N–H and O–H groups in total. The number of carbonyl (C=O) groups excluding carboxylic acids is 1. The molecule has 1 amide bonds. The molecule has 0 radical (unpaired) electrons. The van der Waals surface area contributed by atoms with Crippen LogP contribution in [-0.2, 0) is 11.3 Å². The summed E-state index contributed by atoms with van der Waals surface area (Å²) in [4.78, 5) is 20.8. The summed E-state index contributed by atoms with van der Waals surface area (Å²) in [5, 5.41) is 2.90. The van der Waals surface area contributed by atoms with Gasteiger partial charge in [0.1, 0.15) is 12.4 Å². The third kappa shape index (κ3) is 2.86. The van der Waals surface area contributed by atoms with Crippen molar-refractivity contribution in [1.29, 1.82) is 0 Å². The maximum atomic E-state index is 11.9. The van der Waals surface area contributed by atoms with Crippen molar-refractivity contribution < 1.29 is 9.53 Å². The van der Waals surface area contributed by atoms with Gasteiger partial charge in [0.05, 0.1) is 24.0 Å². The lowest BCUT2D eigenvalue weighted by molar-refractivity contribution is -0.116. The van der Waals surface area contributed by atoms with Gasteiger partial charge in [-0.1, -0.05) is 12.1 Å². The zero-order valence-electron chi connectivity index (χ0n) is 13.9. The average molecular weight is 343 g/mol. The summed E-state index contributed by atoms with van der Waals surface area (Å²) in [5.74, 6) is 1.01. The Bertz CT molecular complexity index is 756. The fourth-order valence-corrected chi connectivity index (χ4v) is 4.06. The normalized spacial score (nSPS) is 19.6. The van der Waals surface area contributed by atoms with Crippen LogP contribution < -0.4 is 14.5 Å². The van der Waals surface area contributed by atoms with Crippen LogP contribution in [0.1, 0.15) is 32.4 Å². The molecular weight excluding hydrogens is 322 g/mol. The van der Waals surface area contributed by atoms with E-state index in [4.69, 9.17) is 9.72 Å². The largest absolute Gasteiger partial charge is 0.489 e. The van der Waals surface area contributed by atoms with Gasteiger partial charge < -0.3 is 9.64 Å². The summed E-state index contributed by atoms with van der Waals surface area (Å²) < 4.78 is 5.81. The Morgan fingerprint density at radius 2 is 2.21 bits per heavy atom. The highest BCUT2D eigenvalue weighted by atomic mass is 32.1. The second-order valence-corrected chi connectivity index (χ2v) is 7.33. The van der Waals surface area contributed by atoms with Gasteiger partial charge in [-0.2, -0.15) is 0 Å². The molecule has 1 aromatic carbocycles. The highest BCUT2D eigenvalue weighted by molar-refractivity contribution is 7.14. The third-order valence-corrected chi connectivity index (χ3v) is 5.40. The number of fused-ring (bicyclic) bond motifs is 1. The van der Waals surface area contributed by atoms with Gasteiger partial charge in [0.15, 0.2) is 5.13 Å². The van der Waals surface area contributed by atoms with Crippen LogP contribution in [0.25, 0.3) is 0 Å². The van der Waals surface area contributed by atoms with E-state index in [-0.39, 0.29) is 11.9 Å². The molecule has 1 aliphatic heterocycles. The van der Waals surface area contributed by atoms with E-state index in [1.165, 1.54) is 0 Å². The number of nitrogens with zero attached hydrogens (tertiary/aromatic N) is 3. The summed E-state index contributed by atoms with van der Waals surface area (Å²) >= 11 is 1.56. The number of benzene rings is 1. The number of aromatic nitrogens is 1. The molecule has 2 aromatic rings. The molecule has 1 atom stereocenters. The molecule has 126 valence electrons. The van der Waals surface area contributed by atoms with Crippen molar-refractivity contribution in [2.75, 3.05) is 16.4 Å². The van der Waals surface area contributed by atoms with E-state index in [9.17, 15) is 4.79 Å². The van der Waals surface area contributed by atoms with Crippen molar-refractivity contribution in [3.05, 3.63) is 35.3 Å². The van der Waals surface area contributed by atoms with E-state index in [2.05, 4.69) is 23.3 Å². The van der Waals surface area contributed by atoms with Gasteiger partial charge >= 0.3 is 0 Å². The lowest BCUT2D eigenvalue weighted by atomic mass is 10.1. The molecule has 6 heteroatoms. The first kappa shape index (κ1) is 15.4. The molecule has 0 bridgehead atoms. The predicted octanol–water partition coefficient (Wildman–Crippen LogP) is 3.45. The third-order valence-electron chi connectivity index (χ3n) is 4.52. The molecule has 24 heavy (non-hydrogen) atoms. The Labute approximate surface area is 145 Å². The van der Waals surface area contributed by atoms with Crippen molar-refractivity contribution in [2.24, 2.45) is 0 Å². The van der Waals surface area contributed by atoms with Crippen LogP contribution in [0.3, 0.4) is 0 Å². The van der Waals surface area contributed by atoms with E-state index >= 15 is 0 Å². The minimum Gasteiger partial charge on any atom is -0.489 e. The van der Waals surface area contributed by atoms with Crippen LogP contribution in [0, 0.1) is 0 Å². The van der Waals surface area contributed by atoms with Gasteiger partial charge in [0.25, 0.3) is 0 Å². The van der Waals surface area contributed by atoms with Gasteiger partial charge in [-0.25, -0.2) is 4.98 Å². The van der Waals surface area contributed by atoms with E-state index in [1.54, 1.807) is 18.3 Å². The van der Waals surface area contributed by atoms with Crippen molar-refractivity contribution in [3.8, 4) is 5.75 Å². The summed E-state index contributed by atoms with van der Waals surface area (Å²) in [6, 6.07) is 8.76. The fraction of sp³-hybridized carbons (Fsp3) is 0.444. The SMILES string of the molecule is CC(=O)N(c1nc(CN2c3ccccc3OC[C@@H]2C)cs1)C1CC1. The number of anilines is 2. The first-order valence-electron chi connectivity index (χ1n) is 8.36. The Morgan fingerprint density at radius 3 is 2.96 bits per heavy atom. The lowest BCUT2D eigenvalue weighted by Gasteiger charge is -2.36. The zero-order valence-corrected chi connectivity index (χ0v) is 14.8. The summed E-state index contributed by atoms with van der Waals surface area (Å²) in [5.41, 5.74) is 2.11. The number of carbonyl (C=O) groups is 1. The number of ether oxygens (including phenoxy) is 1. The Morgan fingerprint density at radius 1 is 1.42 bits per heavy atom. The van der Waals surface area contributed by atoms with Gasteiger partial charge in [-0.05, 0) is 31.9 Å². The molecule has 1 aromatic heterocycles. The highest BCUT2D eigenvalue weighted by Gasteiger charge is 2.34. The van der Waals surface area contributed by atoms with E-state index in [1.807, 2.05) is 23.1 Å². The van der Waals surface area contributed by atoms with E-state index in [0.29, 0.717) is 12.6 Å². The van der Waals surface area contributed by atoms with Crippen molar-refractivity contribution in [1.82, 2.24) is 4.98 Å². The van der Waals surface area contributed by atoms with Crippen molar-refractivity contribution in [3.63, 3.8) is 0 Å². The molecule has 2 heterocycles. The van der Waals surface area contributed by atoms with E-state index < -0.39 is 0 Å². The number of hydrogen-bond donors (Lipinski definition) is 0. The van der Waals surface area contributed by atoms with Crippen molar-refractivity contribution in [2.45, 2.75) is 45.3 Å². The number of hydrogen-bond acceptors (Lipinski definition) is 5. The predicted molar refractivity (Wildman–Crippen MR) is 95.9 cm³/mol. The highest BCUT2D eigenvalue weighted by Crippen LogP contribution is 2.36. The summed E-state index contributed by atoms with van der Waals surface area (Å²) in [7, 11) is 0. The number of thiazole rings is 1. The van der Waals surface area contributed by atoms with Crippen LogP contribution in [0.2, 0.25) is 0 Å². The summed E-state index contributed by atoms with van der Waals surface area (Å²) in [6.45, 7) is 5.19. The molecule has 4 rings (SSSR count). The lowest BCUT2D eigenvalue weighted by Crippen LogP contribution is -2.40. The molecule has 0 unspecified atom stereocenters. The second-order valence-electron chi connectivity index (χ2n) is 6.50. The quantitative estimate of drug-likeness (QED) is 0.853. The molecule has 1 fully saturated rings. The monoisotopic (exact) mass is 343 g/mol. The fourth-order valence-electron chi connectivity index (χ4n) is 3.13. The number of rotatable bonds is 4. The van der Waals surface area contributed by atoms with Crippen LogP contribution in [0.15, 0.2) is 29.6 Å². The van der Waals surface area contributed by atoms with Crippen LogP contribution in [-0.4, -0.2) is 29.6 Å². The number of amides is 1. The molecule has 0 spiro atoms. The number of para-hydroxylation sites is 2. The zero-order chi connectivity index (χ0) is 16.7. The van der Waals surface area contributed by atoms with Gasteiger partial charge in [0, 0.05) is 18.3 Å². The average Bonchev–Trinajstić information content (AvgIpc) is 3.29. The second kappa shape index (κ2) is 6.09. The minimum absolute atomic E-state index is 0.0866. The van der Waals surface area contributed by atoms with Gasteiger partial charge in [-0.15, -0.1) is 11.3 Å². The van der Waals surface area contributed by atoms with Crippen LogP contribution in [0.4, 0.5) is 10.8 Å². The molecule has 5 nitrogen and oxygen atoms in total. The van der Waals surface area contributed by atoms with Gasteiger partial charge in [0.2, 0.25) is 5.91 Å². The van der Waals surface area contributed by atoms with E-state index in [0.717, 1.165) is 41.6 Å². The molecule has 1 saturated carbocycles. The summed E-state index contributed by atoms with van der Waals surface area (Å²) in [6.07, 6.45) is 2.17. The van der Waals surface area contributed by atoms with Crippen molar-refractivity contribution >= 4 is 28.1 Å². The molecule has 0 saturated heterocycles. The van der Waals surface area contributed by atoms with Gasteiger partial charge in [-0.3, -0.25) is 9.69 Å². The smallest absolute Gasteiger partial charge is 0.225 e. The van der Waals surface area contributed by atoms with Crippen LogP contribution in [0.5, 0.6) is 5.75 Å². The molecule has 2 aliphatic rings. The first-order valence-corrected chi connectivity index (χ1v) is 9.24. The Balaban J connectivity index is 1.57. The first-order chi connectivity index (χ1) is 11.6. The maximum Gasteiger partial charge on any atom is 0.225 e. The van der Waals surface area contributed by atoms with Crippen LogP contribution >= 0.6 is 11.3 Å². The molecule has 1 aliphatic carbocycles. The minimum atomic E-state index is 0.0866. The molecular formula is C18H21N3O2S.